The van der Waals surface area contributed by atoms with E-state index in [9.17, 15) is 9.59 Å². The zero-order chi connectivity index (χ0) is 15.0. The number of hydrogen-bond acceptors (Lipinski definition) is 4. The lowest BCUT2D eigenvalue weighted by atomic mass is 10.1. The molecule has 20 heavy (non-hydrogen) atoms. The normalized spacial score (nSPS) is 12.4. The number of aryl methyl sites for hydroxylation is 2. The average molecular weight is 276 g/mol. The molecule has 2 N–H and O–H groups in total. The molecule has 106 valence electrons. The van der Waals surface area contributed by atoms with E-state index in [2.05, 4.69) is 15.2 Å². The second-order valence-corrected chi connectivity index (χ2v) is 4.79. The zero-order valence-electron chi connectivity index (χ0n) is 11.8. The van der Waals surface area contributed by atoms with E-state index in [0.29, 0.717) is 22.3 Å². The lowest BCUT2D eigenvalue weighted by Gasteiger charge is -2.22. The van der Waals surface area contributed by atoms with Gasteiger partial charge in [-0.3, -0.25) is 9.89 Å². The molecule has 7 heteroatoms. The highest BCUT2D eigenvalue weighted by atomic mass is 16.4. The van der Waals surface area contributed by atoms with Crippen LogP contribution in [-0.4, -0.2) is 50.2 Å². The summed E-state index contributed by atoms with van der Waals surface area (Å²) in [6, 6.07) is 0.747. The largest absolute Gasteiger partial charge is 0.480 e. The summed E-state index contributed by atoms with van der Waals surface area (Å²) in [5.74, 6) is -1.41. The van der Waals surface area contributed by atoms with E-state index < -0.39 is 12.0 Å². The predicted octanol–water partition coefficient (Wildman–Crippen LogP) is 1.12. The Hall–Kier alpha value is -2.44. The van der Waals surface area contributed by atoms with Gasteiger partial charge >= 0.3 is 5.97 Å². The van der Waals surface area contributed by atoms with Crippen LogP contribution in [0.3, 0.4) is 0 Å². The molecular formula is C13H16N4O3. The van der Waals surface area contributed by atoms with E-state index >= 15 is 0 Å². The number of carboxylic acids is 1. The van der Waals surface area contributed by atoms with Crippen molar-refractivity contribution >= 4 is 22.9 Å². The van der Waals surface area contributed by atoms with Crippen molar-refractivity contribution in [3.8, 4) is 0 Å². The summed E-state index contributed by atoms with van der Waals surface area (Å²) in [5, 5.41) is 16.5. The lowest BCUT2D eigenvalue weighted by molar-refractivity contribution is -0.141. The number of amides is 1. The van der Waals surface area contributed by atoms with Crippen molar-refractivity contribution in [3.05, 3.63) is 23.0 Å². The maximum atomic E-state index is 12.5. The van der Waals surface area contributed by atoms with Gasteiger partial charge in [-0.15, -0.1) is 0 Å². The standard InChI is InChI=1S/C13H16N4O3/c1-6-5-9(10-7(2)15-16-11(10)14-6)12(18)17(4)8(3)13(19)20/h5,8H,1-4H3,(H,19,20)(H,14,15,16). The number of aromatic nitrogens is 3. The molecule has 2 aromatic heterocycles. The first-order chi connectivity index (χ1) is 9.32. The van der Waals surface area contributed by atoms with Crippen LogP contribution in [0.5, 0.6) is 0 Å². The first-order valence-electron chi connectivity index (χ1n) is 6.15. The Balaban J connectivity index is 2.54. The smallest absolute Gasteiger partial charge is 0.326 e. The molecule has 0 radical (unpaired) electrons. The Bertz CT molecular complexity index is 692. The van der Waals surface area contributed by atoms with E-state index in [1.807, 2.05) is 0 Å². The number of rotatable bonds is 3. The first-order valence-corrected chi connectivity index (χ1v) is 6.15. The molecule has 0 spiro atoms. The number of hydrogen-bond donors (Lipinski definition) is 2. The van der Waals surface area contributed by atoms with Crippen molar-refractivity contribution in [2.24, 2.45) is 0 Å². The number of H-pyrrole nitrogens is 1. The Morgan fingerprint density at radius 1 is 1.40 bits per heavy atom. The first kappa shape index (κ1) is 14.0. The quantitative estimate of drug-likeness (QED) is 0.875. The third kappa shape index (κ3) is 2.22. The number of aromatic amines is 1. The van der Waals surface area contributed by atoms with Gasteiger partial charge in [0.05, 0.1) is 10.9 Å². The Labute approximate surface area is 115 Å². The highest BCUT2D eigenvalue weighted by Gasteiger charge is 2.25. The minimum Gasteiger partial charge on any atom is -0.480 e. The molecule has 1 amide bonds. The topological polar surface area (TPSA) is 99.2 Å². The van der Waals surface area contributed by atoms with Gasteiger partial charge in [0.2, 0.25) is 0 Å². The molecule has 0 fully saturated rings. The number of nitrogens with zero attached hydrogens (tertiary/aromatic N) is 3. The number of aliphatic carboxylic acids is 1. The monoisotopic (exact) mass is 276 g/mol. The van der Waals surface area contributed by atoms with Crippen LogP contribution in [0.25, 0.3) is 11.0 Å². The van der Waals surface area contributed by atoms with Gasteiger partial charge in [0, 0.05) is 18.4 Å². The molecule has 2 heterocycles. The fraction of sp³-hybridized carbons (Fsp3) is 0.385. The second kappa shape index (κ2) is 4.92. The highest BCUT2D eigenvalue weighted by molar-refractivity contribution is 6.07. The molecule has 1 unspecified atom stereocenters. The Morgan fingerprint density at radius 3 is 2.65 bits per heavy atom. The predicted molar refractivity (Wildman–Crippen MR) is 72.6 cm³/mol. The summed E-state index contributed by atoms with van der Waals surface area (Å²) in [6.07, 6.45) is 0. The van der Waals surface area contributed by atoms with E-state index in [1.165, 1.54) is 18.9 Å². The van der Waals surface area contributed by atoms with Gasteiger partial charge in [-0.1, -0.05) is 0 Å². The van der Waals surface area contributed by atoms with E-state index in [4.69, 9.17) is 5.11 Å². The summed E-state index contributed by atoms with van der Waals surface area (Å²) in [7, 11) is 1.47. The van der Waals surface area contributed by atoms with Crippen molar-refractivity contribution in [1.29, 1.82) is 0 Å². The summed E-state index contributed by atoms with van der Waals surface area (Å²) >= 11 is 0. The third-order valence-electron chi connectivity index (χ3n) is 3.32. The van der Waals surface area contributed by atoms with Gasteiger partial charge in [-0.25, -0.2) is 9.78 Å². The second-order valence-electron chi connectivity index (χ2n) is 4.79. The van der Waals surface area contributed by atoms with Crippen LogP contribution in [0.2, 0.25) is 0 Å². The van der Waals surface area contributed by atoms with Crippen LogP contribution in [0, 0.1) is 13.8 Å². The number of likely N-dealkylation sites (N-methyl/N-ethyl adjacent to an activating group) is 1. The van der Waals surface area contributed by atoms with E-state index in [-0.39, 0.29) is 5.91 Å². The molecule has 0 aliphatic carbocycles. The van der Waals surface area contributed by atoms with Crippen LogP contribution < -0.4 is 0 Å². The minimum atomic E-state index is -1.05. The zero-order valence-corrected chi connectivity index (χ0v) is 11.8. The number of fused-ring (bicyclic) bond motifs is 1. The molecule has 2 aromatic rings. The fourth-order valence-corrected chi connectivity index (χ4v) is 2.00. The molecule has 1 atom stereocenters. The molecule has 0 bridgehead atoms. The average Bonchev–Trinajstić information content (AvgIpc) is 2.76. The van der Waals surface area contributed by atoms with Crippen molar-refractivity contribution in [2.45, 2.75) is 26.8 Å². The molecule has 2 rings (SSSR count). The molecule has 0 aromatic carbocycles. The van der Waals surface area contributed by atoms with Gasteiger partial charge in [0.1, 0.15) is 6.04 Å². The highest BCUT2D eigenvalue weighted by Crippen LogP contribution is 2.21. The van der Waals surface area contributed by atoms with Crippen molar-refractivity contribution in [1.82, 2.24) is 20.1 Å². The van der Waals surface area contributed by atoms with Gasteiger partial charge < -0.3 is 10.0 Å². The molecule has 7 nitrogen and oxygen atoms in total. The molecule has 0 saturated heterocycles. The Morgan fingerprint density at radius 2 is 2.05 bits per heavy atom. The third-order valence-corrected chi connectivity index (χ3v) is 3.32. The van der Waals surface area contributed by atoms with Gasteiger partial charge in [-0.05, 0) is 26.8 Å². The fourth-order valence-electron chi connectivity index (χ4n) is 2.00. The maximum Gasteiger partial charge on any atom is 0.326 e. The lowest BCUT2D eigenvalue weighted by Crippen LogP contribution is -2.40. The van der Waals surface area contributed by atoms with Crippen LogP contribution in [-0.2, 0) is 4.79 Å². The van der Waals surface area contributed by atoms with Crippen molar-refractivity contribution in [2.75, 3.05) is 7.05 Å². The van der Waals surface area contributed by atoms with E-state index in [1.54, 1.807) is 19.9 Å². The number of carbonyl (C=O) groups is 2. The molecule has 0 aliphatic heterocycles. The van der Waals surface area contributed by atoms with Crippen molar-refractivity contribution < 1.29 is 14.7 Å². The van der Waals surface area contributed by atoms with Crippen LogP contribution in [0.1, 0.15) is 28.7 Å². The summed E-state index contributed by atoms with van der Waals surface area (Å²) in [4.78, 5) is 28.9. The summed E-state index contributed by atoms with van der Waals surface area (Å²) in [6.45, 7) is 5.03. The SMILES string of the molecule is Cc1cc(C(=O)N(C)C(C)C(=O)O)c2c(C)[nH]nc2n1. The molecule has 0 saturated carbocycles. The summed E-state index contributed by atoms with van der Waals surface area (Å²) < 4.78 is 0. The minimum absolute atomic E-state index is 0.361. The maximum absolute atomic E-state index is 12.5. The molecule has 0 aliphatic rings. The van der Waals surface area contributed by atoms with Gasteiger partial charge in [0.15, 0.2) is 5.65 Å². The Kier molecular flexibility index (Phi) is 3.44. The van der Waals surface area contributed by atoms with Gasteiger partial charge in [0.25, 0.3) is 5.91 Å². The van der Waals surface area contributed by atoms with Crippen LogP contribution >= 0.6 is 0 Å². The van der Waals surface area contributed by atoms with Crippen molar-refractivity contribution in [3.63, 3.8) is 0 Å². The van der Waals surface area contributed by atoms with Gasteiger partial charge in [-0.2, -0.15) is 5.10 Å². The summed E-state index contributed by atoms with van der Waals surface area (Å²) in [5.41, 5.74) is 2.26. The van der Waals surface area contributed by atoms with E-state index in [0.717, 1.165) is 5.69 Å². The molecular weight excluding hydrogens is 260 g/mol. The van der Waals surface area contributed by atoms with Crippen LogP contribution in [0.15, 0.2) is 6.07 Å². The number of nitrogens with one attached hydrogen (secondary N) is 1. The van der Waals surface area contributed by atoms with Crippen LogP contribution in [0.4, 0.5) is 0 Å². The number of pyridine rings is 1. The number of carboxylic acid groups (broad SMARTS) is 1. The number of carbonyl (C=O) groups excluding carboxylic acids is 1.